The van der Waals surface area contributed by atoms with E-state index in [2.05, 4.69) is 53.3 Å². The predicted octanol–water partition coefficient (Wildman–Crippen LogP) is 3.42. The third kappa shape index (κ3) is 6.93. The van der Waals surface area contributed by atoms with Crippen LogP contribution >= 0.6 is 16.2 Å². The van der Waals surface area contributed by atoms with E-state index in [1.807, 2.05) is 0 Å². The molecule has 18 heavy (non-hydrogen) atoms. The minimum absolute atomic E-state index is 0.00829. The van der Waals surface area contributed by atoms with Crippen LogP contribution in [-0.2, 0) is 21.3 Å². The molecule has 3 atom stereocenters. The summed E-state index contributed by atoms with van der Waals surface area (Å²) in [5, 5.41) is 0. The van der Waals surface area contributed by atoms with Crippen molar-refractivity contribution < 1.29 is 14.4 Å². The maximum Gasteiger partial charge on any atom is 0.161 e. The Kier molecular flexibility index (Phi) is 10.3. The average molecular weight is 314 g/mol. The summed E-state index contributed by atoms with van der Waals surface area (Å²) in [4.78, 5) is 7.47. The highest BCUT2D eigenvalue weighted by atomic mass is 32.4. The Morgan fingerprint density at radius 3 is 1.50 bits per heavy atom. The van der Waals surface area contributed by atoms with Gasteiger partial charge in [0.25, 0.3) is 0 Å². The SMILES string of the molecule is CC(C)C1OC(C(C)C)PC(C(C)C)O1.O[PH2]=S. The topological polar surface area (TPSA) is 38.7 Å². The first-order chi connectivity index (χ1) is 8.33. The van der Waals surface area contributed by atoms with E-state index in [1.165, 1.54) is 0 Å². The first kappa shape index (κ1) is 19.0. The second kappa shape index (κ2) is 9.80. The summed E-state index contributed by atoms with van der Waals surface area (Å²) in [5.41, 5.74) is 0. The molecule has 0 radical (unpaired) electrons. The van der Waals surface area contributed by atoms with Gasteiger partial charge in [0.1, 0.15) is 0 Å². The Hall–Kier alpha value is 0.960. The monoisotopic (exact) mass is 314 g/mol. The van der Waals surface area contributed by atoms with Crippen molar-refractivity contribution in [3.05, 3.63) is 0 Å². The van der Waals surface area contributed by atoms with Crippen LogP contribution in [-0.4, -0.2) is 22.9 Å². The van der Waals surface area contributed by atoms with E-state index < -0.39 is 7.58 Å². The zero-order chi connectivity index (χ0) is 14.3. The first-order valence-corrected chi connectivity index (χ1v) is 10.0. The molecule has 0 spiro atoms. The largest absolute Gasteiger partial charge is 0.371 e. The Labute approximate surface area is 120 Å². The molecule has 0 amide bonds. The molecule has 3 nitrogen and oxygen atoms in total. The molecule has 6 heteroatoms. The molecule has 0 aromatic rings. The molecule has 1 N–H and O–H groups in total. The molecule has 3 unspecified atom stereocenters. The molecule has 1 aliphatic heterocycles. The first-order valence-electron chi connectivity index (χ1n) is 6.48. The number of hydrogen-bond acceptors (Lipinski definition) is 3. The van der Waals surface area contributed by atoms with Crippen molar-refractivity contribution in [1.82, 2.24) is 0 Å². The molecular formula is C12H28O3P2S. The Bertz CT molecular complexity index is 198. The lowest BCUT2D eigenvalue weighted by Crippen LogP contribution is -2.39. The molecule has 0 aliphatic carbocycles. The van der Waals surface area contributed by atoms with E-state index in [9.17, 15) is 0 Å². The Balaban J connectivity index is 0.000000873. The minimum Gasteiger partial charge on any atom is -0.371 e. The van der Waals surface area contributed by atoms with E-state index in [1.54, 1.807) is 0 Å². The fourth-order valence-corrected chi connectivity index (χ4v) is 3.09. The van der Waals surface area contributed by atoms with Crippen molar-refractivity contribution >= 4 is 28.0 Å². The van der Waals surface area contributed by atoms with Gasteiger partial charge in [0.15, 0.2) is 6.29 Å². The van der Waals surface area contributed by atoms with Crippen LogP contribution in [0.1, 0.15) is 41.5 Å². The molecule has 1 aliphatic rings. The van der Waals surface area contributed by atoms with E-state index in [4.69, 9.17) is 14.4 Å². The van der Waals surface area contributed by atoms with Gasteiger partial charge in [-0.05, 0) is 11.8 Å². The fraction of sp³-hybridized carbons (Fsp3) is 1.00. The summed E-state index contributed by atoms with van der Waals surface area (Å²) < 4.78 is 12.0. The van der Waals surface area contributed by atoms with Gasteiger partial charge in [-0.1, -0.05) is 61.9 Å². The maximum absolute atomic E-state index is 7.47. The maximum atomic E-state index is 7.47. The van der Waals surface area contributed by atoms with Crippen LogP contribution in [0.2, 0.25) is 0 Å². The van der Waals surface area contributed by atoms with Gasteiger partial charge in [0, 0.05) is 13.5 Å². The summed E-state index contributed by atoms with van der Waals surface area (Å²) in [6.45, 7) is 13.3. The molecule has 1 saturated heterocycles. The van der Waals surface area contributed by atoms with Crippen LogP contribution in [0.4, 0.5) is 0 Å². The van der Waals surface area contributed by atoms with Gasteiger partial charge in [0.05, 0.1) is 11.7 Å². The third-order valence-corrected chi connectivity index (χ3v) is 4.91. The van der Waals surface area contributed by atoms with Crippen molar-refractivity contribution in [2.45, 2.75) is 59.5 Å². The molecule has 0 aromatic heterocycles. The molecule has 1 heterocycles. The van der Waals surface area contributed by atoms with Crippen LogP contribution in [0.15, 0.2) is 0 Å². The molecule has 110 valence electrons. The van der Waals surface area contributed by atoms with Gasteiger partial charge < -0.3 is 14.4 Å². The fourth-order valence-electron chi connectivity index (χ4n) is 1.57. The van der Waals surface area contributed by atoms with Crippen LogP contribution < -0.4 is 0 Å². The highest BCUT2D eigenvalue weighted by Gasteiger charge is 2.34. The van der Waals surface area contributed by atoms with E-state index >= 15 is 0 Å². The zero-order valence-electron chi connectivity index (χ0n) is 12.2. The van der Waals surface area contributed by atoms with Crippen molar-refractivity contribution in [3.8, 4) is 0 Å². The van der Waals surface area contributed by atoms with Gasteiger partial charge >= 0.3 is 0 Å². The van der Waals surface area contributed by atoms with E-state index in [0.717, 1.165) is 8.58 Å². The summed E-state index contributed by atoms with van der Waals surface area (Å²) in [6.07, 6.45) is -0.00829. The number of rotatable bonds is 3. The van der Waals surface area contributed by atoms with Gasteiger partial charge in [-0.15, -0.1) is 0 Å². The smallest absolute Gasteiger partial charge is 0.161 e. The average Bonchev–Trinajstić information content (AvgIpc) is 2.29. The Morgan fingerprint density at radius 1 is 0.944 bits per heavy atom. The third-order valence-electron chi connectivity index (χ3n) is 2.65. The van der Waals surface area contributed by atoms with Crippen LogP contribution in [0.5, 0.6) is 0 Å². The second-order valence-corrected chi connectivity index (χ2v) is 7.80. The zero-order valence-corrected chi connectivity index (χ0v) is 15.2. The Morgan fingerprint density at radius 2 is 1.28 bits per heavy atom. The predicted molar refractivity (Wildman–Crippen MR) is 85.7 cm³/mol. The van der Waals surface area contributed by atoms with Crippen LogP contribution in [0, 0.1) is 17.8 Å². The van der Waals surface area contributed by atoms with Crippen molar-refractivity contribution in [3.63, 3.8) is 0 Å². The summed E-state index contributed by atoms with van der Waals surface area (Å²) in [7, 11) is 0.112. The molecular weight excluding hydrogens is 286 g/mol. The second-order valence-electron chi connectivity index (χ2n) is 5.49. The highest BCUT2D eigenvalue weighted by molar-refractivity contribution is 7.94. The number of ether oxygens (including phenoxy) is 2. The van der Waals surface area contributed by atoms with E-state index in [0.29, 0.717) is 29.4 Å². The van der Waals surface area contributed by atoms with Gasteiger partial charge in [-0.3, -0.25) is 0 Å². The van der Waals surface area contributed by atoms with Crippen LogP contribution in [0.25, 0.3) is 0 Å². The number of hydrogen-bond donors (Lipinski definition) is 1. The quantitative estimate of drug-likeness (QED) is 0.810. The molecule has 1 fully saturated rings. The van der Waals surface area contributed by atoms with Crippen molar-refractivity contribution in [2.24, 2.45) is 17.8 Å². The summed E-state index contributed by atoms with van der Waals surface area (Å²) in [6, 6.07) is 0. The normalized spacial score (nSPS) is 30.4. The standard InChI is InChI=1S/C12H25O2P.H3OPS/c1-7(2)10-13-11(8(3)4)15-12(14-10)9(5)6;1-2-3/h7-12,15H,1-6H3;2H2,(H,1,3). The molecule has 1 rings (SSSR count). The molecule has 0 saturated carbocycles. The summed E-state index contributed by atoms with van der Waals surface area (Å²) in [5.74, 6) is 2.40. The summed E-state index contributed by atoms with van der Waals surface area (Å²) >= 11 is 4.03. The van der Waals surface area contributed by atoms with Gasteiger partial charge in [-0.25, -0.2) is 0 Å². The minimum atomic E-state index is -0.667. The lowest BCUT2D eigenvalue weighted by molar-refractivity contribution is -0.209. The highest BCUT2D eigenvalue weighted by Crippen LogP contribution is 2.42. The van der Waals surface area contributed by atoms with Crippen molar-refractivity contribution in [2.75, 3.05) is 0 Å². The van der Waals surface area contributed by atoms with Crippen LogP contribution in [0.3, 0.4) is 0 Å². The van der Waals surface area contributed by atoms with Crippen molar-refractivity contribution in [1.29, 1.82) is 0 Å². The lowest BCUT2D eigenvalue weighted by atomic mass is 10.2. The molecule has 0 bridgehead atoms. The van der Waals surface area contributed by atoms with Gasteiger partial charge in [-0.2, -0.15) is 0 Å². The lowest BCUT2D eigenvalue weighted by Gasteiger charge is -2.40. The van der Waals surface area contributed by atoms with E-state index in [-0.39, 0.29) is 6.29 Å². The van der Waals surface area contributed by atoms with Gasteiger partial charge in [0.2, 0.25) is 0 Å². The molecule has 0 aromatic carbocycles.